The summed E-state index contributed by atoms with van der Waals surface area (Å²) in [5.41, 5.74) is -1.29. The van der Waals surface area contributed by atoms with E-state index in [1.807, 2.05) is 0 Å². The average molecular weight is 545 g/mol. The van der Waals surface area contributed by atoms with Crippen LogP contribution in [0, 0.1) is 0 Å². The molecule has 1 fully saturated rings. The average Bonchev–Trinajstić information content (AvgIpc) is 2.73. The second-order valence-corrected chi connectivity index (χ2v) is 8.19. The van der Waals surface area contributed by atoms with Crippen LogP contribution in [0.4, 0.5) is 31.1 Å². The van der Waals surface area contributed by atoms with Crippen LogP contribution in [-0.4, -0.2) is 47.3 Å². The fourth-order valence-electron chi connectivity index (χ4n) is 3.35. The lowest BCUT2D eigenvalue weighted by Crippen LogP contribution is -2.58. The molecule has 3 amide bonds. The van der Waals surface area contributed by atoms with Crippen LogP contribution >= 0.6 is 23.2 Å². The second-order valence-electron chi connectivity index (χ2n) is 7.38. The van der Waals surface area contributed by atoms with Crippen molar-refractivity contribution in [2.45, 2.75) is 31.5 Å². The lowest BCUT2D eigenvalue weighted by atomic mass is 9.99. The van der Waals surface area contributed by atoms with Crippen LogP contribution in [0.25, 0.3) is 0 Å². The molecule has 7 nitrogen and oxygen atoms in total. The first-order chi connectivity index (χ1) is 16.2. The topological polar surface area (TPSA) is 83.6 Å². The fraction of sp³-hybridized carbons (Fsp3) is 0.350. The van der Waals surface area contributed by atoms with Crippen molar-refractivity contribution in [1.82, 2.24) is 20.5 Å². The minimum absolute atomic E-state index is 0.0222. The molecular weight excluding hydrogens is 529 g/mol. The van der Waals surface area contributed by atoms with Crippen LogP contribution in [-0.2, 0) is 11.0 Å². The number of amides is 3. The maximum absolute atomic E-state index is 13.1. The number of hydrogen-bond donors (Lipinski definition) is 2. The van der Waals surface area contributed by atoms with E-state index in [1.54, 1.807) is 0 Å². The van der Waals surface area contributed by atoms with Crippen molar-refractivity contribution >= 4 is 35.1 Å². The van der Waals surface area contributed by atoms with Crippen molar-refractivity contribution in [3.8, 4) is 5.75 Å². The van der Waals surface area contributed by atoms with Crippen LogP contribution < -0.4 is 15.4 Å². The molecule has 2 atom stereocenters. The summed E-state index contributed by atoms with van der Waals surface area (Å²) in [4.78, 5) is 29.4. The molecule has 2 heterocycles. The summed E-state index contributed by atoms with van der Waals surface area (Å²) in [7, 11) is 0. The number of hydrogen-bond acceptors (Lipinski definition) is 4. The van der Waals surface area contributed by atoms with Crippen LogP contribution in [0.15, 0.2) is 30.5 Å². The number of benzene rings is 1. The van der Waals surface area contributed by atoms with Gasteiger partial charge >= 0.3 is 18.6 Å². The molecular formula is C20H16Cl2F6N4O3. The Kier molecular flexibility index (Phi) is 7.60. The standard InChI is InChI=1S/C20H16Cl2F6N4O3/c1-9-17(33)29-4-5-32(9)18(34)31-15(11-7-13(22)16(30-8-11)19(23,24)25)10-2-3-14(12(21)6-10)35-20(26,27)28/h2-3,6-9,15H,4-5H2,1H3,(H,29,33)(H,31,34)/t9-,15-/m1/s1. The molecule has 1 aliphatic rings. The molecule has 0 spiro atoms. The van der Waals surface area contributed by atoms with E-state index in [0.29, 0.717) is 0 Å². The Bertz CT molecular complexity index is 1130. The van der Waals surface area contributed by atoms with Crippen molar-refractivity contribution in [2.75, 3.05) is 13.1 Å². The molecule has 3 rings (SSSR count). The number of urea groups is 1. The van der Waals surface area contributed by atoms with E-state index in [9.17, 15) is 35.9 Å². The first-order valence-electron chi connectivity index (χ1n) is 9.80. The molecule has 0 saturated carbocycles. The fourth-order valence-corrected chi connectivity index (χ4v) is 3.86. The molecule has 2 N–H and O–H groups in total. The summed E-state index contributed by atoms with van der Waals surface area (Å²) in [6.45, 7) is 1.78. The molecule has 190 valence electrons. The van der Waals surface area contributed by atoms with Crippen LogP contribution in [0.3, 0.4) is 0 Å². The highest BCUT2D eigenvalue weighted by Gasteiger charge is 2.37. The number of piperazine rings is 1. The SMILES string of the molecule is C[C@@H]1C(=O)NCCN1C(=O)N[C@H](c1ccc(OC(F)(F)F)c(Cl)c1)c1cnc(C(F)(F)F)c(Cl)c1. The highest BCUT2D eigenvalue weighted by molar-refractivity contribution is 6.32. The smallest absolute Gasteiger partial charge is 0.404 e. The zero-order valence-electron chi connectivity index (χ0n) is 17.6. The van der Waals surface area contributed by atoms with E-state index in [1.165, 1.54) is 11.8 Å². The summed E-state index contributed by atoms with van der Waals surface area (Å²) in [5, 5.41) is 3.89. The number of rotatable bonds is 4. The molecule has 2 aromatic rings. The molecule has 0 bridgehead atoms. The van der Waals surface area contributed by atoms with Crippen molar-refractivity contribution in [3.05, 3.63) is 57.3 Å². The van der Waals surface area contributed by atoms with Gasteiger partial charge < -0.3 is 20.3 Å². The molecule has 15 heteroatoms. The highest BCUT2D eigenvalue weighted by Crippen LogP contribution is 2.37. The van der Waals surface area contributed by atoms with Crippen LogP contribution in [0.2, 0.25) is 10.0 Å². The number of carbonyl (C=O) groups is 2. The largest absolute Gasteiger partial charge is 0.573 e. The van der Waals surface area contributed by atoms with Crippen molar-refractivity contribution in [2.24, 2.45) is 0 Å². The van der Waals surface area contributed by atoms with E-state index in [4.69, 9.17) is 23.2 Å². The Labute approximate surface area is 204 Å². The second kappa shape index (κ2) is 9.97. The first kappa shape index (κ1) is 26.7. The van der Waals surface area contributed by atoms with Crippen LogP contribution in [0.1, 0.15) is 29.8 Å². The number of nitrogens with one attached hydrogen (secondary N) is 2. The summed E-state index contributed by atoms with van der Waals surface area (Å²) >= 11 is 11.7. The van der Waals surface area contributed by atoms with Gasteiger partial charge in [0.1, 0.15) is 11.8 Å². The Morgan fingerprint density at radius 2 is 1.83 bits per heavy atom. The van der Waals surface area contributed by atoms with E-state index in [-0.39, 0.29) is 24.2 Å². The number of ether oxygens (including phenoxy) is 1. The Balaban J connectivity index is 2.01. The minimum atomic E-state index is -5.02. The number of alkyl halides is 6. The van der Waals surface area contributed by atoms with E-state index >= 15 is 0 Å². The Hall–Kier alpha value is -2.93. The van der Waals surface area contributed by atoms with Crippen molar-refractivity contribution < 1.29 is 40.7 Å². The zero-order chi connectivity index (χ0) is 26.1. The molecule has 1 aromatic carbocycles. The van der Waals surface area contributed by atoms with E-state index < -0.39 is 58.0 Å². The summed E-state index contributed by atoms with van der Waals surface area (Å²) in [5.74, 6) is -1.14. The van der Waals surface area contributed by atoms with Gasteiger partial charge in [0.2, 0.25) is 5.91 Å². The number of pyridine rings is 1. The molecule has 0 unspecified atom stereocenters. The lowest BCUT2D eigenvalue weighted by molar-refractivity contribution is -0.274. The number of aromatic nitrogens is 1. The van der Waals surface area contributed by atoms with Gasteiger partial charge in [-0.3, -0.25) is 4.79 Å². The maximum Gasteiger partial charge on any atom is 0.573 e. The third kappa shape index (κ3) is 6.40. The van der Waals surface area contributed by atoms with E-state index in [0.717, 1.165) is 30.5 Å². The van der Waals surface area contributed by atoms with Crippen molar-refractivity contribution in [1.29, 1.82) is 0 Å². The molecule has 1 saturated heterocycles. The zero-order valence-corrected chi connectivity index (χ0v) is 19.1. The van der Waals surface area contributed by atoms with Gasteiger partial charge in [0.15, 0.2) is 5.69 Å². The highest BCUT2D eigenvalue weighted by atomic mass is 35.5. The van der Waals surface area contributed by atoms with Gasteiger partial charge in [0.25, 0.3) is 0 Å². The van der Waals surface area contributed by atoms with Gasteiger partial charge in [-0.25, -0.2) is 9.78 Å². The maximum atomic E-state index is 13.1. The Morgan fingerprint density at radius 3 is 2.40 bits per heavy atom. The quantitative estimate of drug-likeness (QED) is 0.535. The van der Waals surface area contributed by atoms with Gasteiger partial charge in [-0.1, -0.05) is 29.3 Å². The summed E-state index contributed by atoms with van der Waals surface area (Å²) < 4.78 is 80.8. The first-order valence-corrected chi connectivity index (χ1v) is 10.6. The van der Waals surface area contributed by atoms with Gasteiger partial charge in [-0.05, 0) is 36.2 Å². The minimum Gasteiger partial charge on any atom is -0.404 e. The number of carbonyl (C=O) groups excluding carboxylic acids is 2. The molecule has 0 radical (unpaired) electrons. The number of nitrogens with zero attached hydrogens (tertiary/aromatic N) is 2. The lowest BCUT2D eigenvalue weighted by Gasteiger charge is -2.34. The summed E-state index contributed by atoms with van der Waals surface area (Å²) in [6.07, 6.45) is -9.04. The molecule has 0 aliphatic carbocycles. The monoisotopic (exact) mass is 544 g/mol. The third-order valence-electron chi connectivity index (χ3n) is 5.01. The normalized spacial score (nSPS) is 17.6. The van der Waals surface area contributed by atoms with E-state index in [2.05, 4.69) is 20.4 Å². The predicted molar refractivity (Wildman–Crippen MR) is 112 cm³/mol. The number of halogens is 8. The molecule has 1 aromatic heterocycles. The van der Waals surface area contributed by atoms with Gasteiger partial charge in [0.05, 0.1) is 16.1 Å². The summed E-state index contributed by atoms with van der Waals surface area (Å²) in [6, 6.07) is 1.12. The molecule has 1 aliphatic heterocycles. The van der Waals surface area contributed by atoms with Crippen molar-refractivity contribution in [3.63, 3.8) is 0 Å². The van der Waals surface area contributed by atoms with Gasteiger partial charge in [-0.15, -0.1) is 13.2 Å². The Morgan fingerprint density at radius 1 is 1.17 bits per heavy atom. The molecule has 35 heavy (non-hydrogen) atoms. The third-order valence-corrected chi connectivity index (χ3v) is 5.59. The predicted octanol–water partition coefficient (Wildman–Crippen LogP) is 4.93. The van der Waals surface area contributed by atoms with Gasteiger partial charge in [0, 0.05) is 19.3 Å². The van der Waals surface area contributed by atoms with Gasteiger partial charge in [-0.2, -0.15) is 13.2 Å². The van der Waals surface area contributed by atoms with Crippen LogP contribution in [0.5, 0.6) is 5.75 Å².